The fraction of sp³-hybridized carbons (Fsp3) is 0.909. The number of nitrogens with zero attached hydrogens (tertiary/aromatic N) is 1. The minimum Gasteiger partial charge on any atom is -0.466 e. The Kier molecular flexibility index (Phi) is 4.11. The maximum atomic E-state index is 11.5. The molecule has 4 heteroatoms. The van der Waals surface area contributed by atoms with Gasteiger partial charge in [0.05, 0.1) is 24.7 Å². The van der Waals surface area contributed by atoms with E-state index in [0.717, 1.165) is 13.0 Å². The summed E-state index contributed by atoms with van der Waals surface area (Å²) in [5, 5.41) is 0. The van der Waals surface area contributed by atoms with Crippen molar-refractivity contribution in [2.24, 2.45) is 0 Å². The van der Waals surface area contributed by atoms with Crippen molar-refractivity contribution in [1.29, 1.82) is 0 Å². The Labute approximate surface area is 91.5 Å². The van der Waals surface area contributed by atoms with Crippen molar-refractivity contribution in [2.75, 3.05) is 27.3 Å². The van der Waals surface area contributed by atoms with Crippen molar-refractivity contribution < 1.29 is 14.3 Å². The van der Waals surface area contributed by atoms with E-state index < -0.39 is 0 Å². The summed E-state index contributed by atoms with van der Waals surface area (Å²) in [6.07, 6.45) is 1.38. The van der Waals surface area contributed by atoms with E-state index in [0.29, 0.717) is 13.0 Å². The van der Waals surface area contributed by atoms with Crippen LogP contribution in [-0.4, -0.2) is 49.8 Å². The normalized spacial score (nSPS) is 30.9. The third kappa shape index (κ3) is 2.49. The van der Waals surface area contributed by atoms with Crippen molar-refractivity contribution in [3.63, 3.8) is 0 Å². The molecule has 1 rings (SSSR count). The molecule has 2 unspecified atom stereocenters. The van der Waals surface area contributed by atoms with Gasteiger partial charge in [0.1, 0.15) is 0 Å². The molecule has 0 bridgehead atoms. The number of ether oxygens (including phenoxy) is 2. The molecule has 0 aromatic heterocycles. The highest BCUT2D eigenvalue weighted by molar-refractivity contribution is 5.71. The highest BCUT2D eigenvalue weighted by Crippen LogP contribution is 2.33. The molecule has 1 heterocycles. The van der Waals surface area contributed by atoms with E-state index in [1.165, 1.54) is 0 Å². The Hall–Kier alpha value is -0.610. The van der Waals surface area contributed by atoms with Crippen molar-refractivity contribution in [1.82, 2.24) is 4.90 Å². The van der Waals surface area contributed by atoms with E-state index in [2.05, 4.69) is 4.90 Å². The highest BCUT2D eigenvalue weighted by Gasteiger charge is 2.45. The average Bonchev–Trinajstić information content (AvgIpc) is 2.49. The van der Waals surface area contributed by atoms with Gasteiger partial charge in [0.2, 0.25) is 0 Å². The van der Waals surface area contributed by atoms with Crippen LogP contribution in [0.15, 0.2) is 0 Å². The van der Waals surface area contributed by atoms with Crippen molar-refractivity contribution in [3.8, 4) is 0 Å². The molecule has 1 saturated heterocycles. The van der Waals surface area contributed by atoms with E-state index in [1.807, 2.05) is 27.9 Å². The summed E-state index contributed by atoms with van der Waals surface area (Å²) in [6.45, 7) is 5.01. The van der Waals surface area contributed by atoms with Gasteiger partial charge in [-0.1, -0.05) is 0 Å². The molecule has 0 aromatic carbocycles. The second kappa shape index (κ2) is 4.94. The molecule has 0 amide bonds. The van der Waals surface area contributed by atoms with Crippen LogP contribution in [0.2, 0.25) is 0 Å². The molecule has 2 atom stereocenters. The zero-order valence-corrected chi connectivity index (χ0v) is 10.1. The monoisotopic (exact) mass is 215 g/mol. The molecule has 15 heavy (non-hydrogen) atoms. The topological polar surface area (TPSA) is 38.8 Å². The second-order valence-corrected chi connectivity index (χ2v) is 4.24. The molecular weight excluding hydrogens is 194 g/mol. The van der Waals surface area contributed by atoms with Gasteiger partial charge in [-0.3, -0.25) is 4.79 Å². The number of rotatable bonds is 4. The first kappa shape index (κ1) is 12.5. The summed E-state index contributed by atoms with van der Waals surface area (Å²) >= 11 is 0. The highest BCUT2D eigenvalue weighted by atomic mass is 16.5. The van der Waals surface area contributed by atoms with Crippen LogP contribution in [0.25, 0.3) is 0 Å². The molecule has 0 N–H and O–H groups in total. The standard InChI is InChI=1S/C11H21NO3/c1-5-14-10(13)8-11(12(3)4)6-7-15-9(11)2/h9H,5-8H2,1-4H3. The Morgan fingerprint density at radius 3 is 2.67 bits per heavy atom. The lowest BCUT2D eigenvalue weighted by molar-refractivity contribution is -0.147. The van der Waals surface area contributed by atoms with Crippen LogP contribution in [0.4, 0.5) is 0 Å². The number of likely N-dealkylation sites (N-methyl/N-ethyl adjacent to an activating group) is 1. The molecular formula is C11H21NO3. The van der Waals surface area contributed by atoms with Crippen molar-refractivity contribution in [2.45, 2.75) is 38.3 Å². The lowest BCUT2D eigenvalue weighted by Crippen LogP contribution is -2.51. The second-order valence-electron chi connectivity index (χ2n) is 4.24. The number of carbonyl (C=O) groups is 1. The molecule has 0 saturated carbocycles. The van der Waals surface area contributed by atoms with Crippen LogP contribution in [0.1, 0.15) is 26.7 Å². The summed E-state index contributed by atoms with van der Waals surface area (Å²) in [6, 6.07) is 0. The number of carbonyl (C=O) groups excluding carboxylic acids is 1. The smallest absolute Gasteiger partial charge is 0.307 e. The van der Waals surface area contributed by atoms with Gasteiger partial charge in [-0.25, -0.2) is 0 Å². The first-order chi connectivity index (χ1) is 7.03. The summed E-state index contributed by atoms with van der Waals surface area (Å²) in [5.74, 6) is -0.136. The SMILES string of the molecule is CCOC(=O)CC1(N(C)C)CCOC1C. The Bertz CT molecular complexity index is 230. The van der Waals surface area contributed by atoms with Crippen LogP contribution in [-0.2, 0) is 14.3 Å². The number of esters is 1. The number of hydrogen-bond donors (Lipinski definition) is 0. The summed E-state index contributed by atoms with van der Waals surface area (Å²) < 4.78 is 10.6. The Balaban J connectivity index is 2.70. The molecule has 1 fully saturated rings. The first-order valence-electron chi connectivity index (χ1n) is 5.47. The van der Waals surface area contributed by atoms with Crippen LogP contribution in [0.5, 0.6) is 0 Å². The van der Waals surface area contributed by atoms with Gasteiger partial charge < -0.3 is 14.4 Å². The molecule has 1 aliphatic rings. The van der Waals surface area contributed by atoms with Gasteiger partial charge in [-0.2, -0.15) is 0 Å². The minimum atomic E-state index is -0.188. The molecule has 88 valence electrons. The van der Waals surface area contributed by atoms with Crippen molar-refractivity contribution in [3.05, 3.63) is 0 Å². The van der Waals surface area contributed by atoms with Crippen LogP contribution >= 0.6 is 0 Å². The Morgan fingerprint density at radius 1 is 1.60 bits per heavy atom. The van der Waals surface area contributed by atoms with Crippen LogP contribution < -0.4 is 0 Å². The maximum Gasteiger partial charge on any atom is 0.307 e. The predicted octanol–water partition coefficient (Wildman–Crippen LogP) is 1.05. The maximum absolute atomic E-state index is 11.5. The lowest BCUT2D eigenvalue weighted by atomic mass is 9.87. The largest absolute Gasteiger partial charge is 0.466 e. The Morgan fingerprint density at radius 2 is 2.27 bits per heavy atom. The van der Waals surface area contributed by atoms with Gasteiger partial charge in [-0.05, 0) is 34.4 Å². The minimum absolute atomic E-state index is 0.0805. The van der Waals surface area contributed by atoms with Gasteiger partial charge in [0.15, 0.2) is 0 Å². The van der Waals surface area contributed by atoms with Gasteiger partial charge >= 0.3 is 5.97 Å². The van der Waals surface area contributed by atoms with Gasteiger partial charge in [0, 0.05) is 6.61 Å². The zero-order valence-electron chi connectivity index (χ0n) is 10.1. The molecule has 0 aliphatic carbocycles. The van der Waals surface area contributed by atoms with Crippen molar-refractivity contribution >= 4 is 5.97 Å². The summed E-state index contributed by atoms with van der Waals surface area (Å²) in [7, 11) is 3.98. The lowest BCUT2D eigenvalue weighted by Gasteiger charge is -2.37. The third-order valence-electron chi connectivity index (χ3n) is 3.31. The fourth-order valence-corrected chi connectivity index (χ4v) is 2.21. The van der Waals surface area contributed by atoms with E-state index >= 15 is 0 Å². The summed E-state index contributed by atoms with van der Waals surface area (Å²) in [4.78, 5) is 13.6. The van der Waals surface area contributed by atoms with Crippen LogP contribution in [0, 0.1) is 0 Å². The molecule has 0 spiro atoms. The predicted molar refractivity (Wildman–Crippen MR) is 57.7 cm³/mol. The molecule has 4 nitrogen and oxygen atoms in total. The van der Waals surface area contributed by atoms with E-state index in [1.54, 1.807) is 0 Å². The first-order valence-corrected chi connectivity index (χ1v) is 5.47. The molecule has 1 aliphatic heterocycles. The third-order valence-corrected chi connectivity index (χ3v) is 3.31. The van der Waals surface area contributed by atoms with E-state index in [9.17, 15) is 4.79 Å². The summed E-state index contributed by atoms with van der Waals surface area (Å²) in [5.41, 5.74) is -0.188. The van der Waals surface area contributed by atoms with Gasteiger partial charge in [0.25, 0.3) is 0 Å². The van der Waals surface area contributed by atoms with E-state index in [4.69, 9.17) is 9.47 Å². The number of hydrogen-bond acceptors (Lipinski definition) is 4. The molecule has 0 radical (unpaired) electrons. The van der Waals surface area contributed by atoms with E-state index in [-0.39, 0.29) is 17.6 Å². The van der Waals surface area contributed by atoms with Crippen LogP contribution in [0.3, 0.4) is 0 Å². The van der Waals surface area contributed by atoms with Gasteiger partial charge in [-0.15, -0.1) is 0 Å². The zero-order chi connectivity index (χ0) is 11.5. The fourth-order valence-electron chi connectivity index (χ4n) is 2.21. The quantitative estimate of drug-likeness (QED) is 0.657. The molecule has 0 aromatic rings. The average molecular weight is 215 g/mol.